The first-order valence-electron chi connectivity index (χ1n) is 3.00. The average Bonchev–Trinajstić information content (AvgIpc) is 2.37. The summed E-state index contributed by atoms with van der Waals surface area (Å²) in [6, 6.07) is 0. The first kappa shape index (κ1) is 11.2. The summed E-state index contributed by atoms with van der Waals surface area (Å²) in [4.78, 5) is 8.93. The van der Waals surface area contributed by atoms with Crippen molar-refractivity contribution in [1.82, 2.24) is 10.2 Å². The first-order chi connectivity index (χ1) is 5.57. The molecule has 7 heteroatoms. The van der Waals surface area contributed by atoms with Gasteiger partial charge in [-0.15, -0.1) is 0 Å². The summed E-state index contributed by atoms with van der Waals surface area (Å²) in [5, 5.41) is 13.7. The lowest BCUT2D eigenvalue weighted by Crippen LogP contribution is -1.84. The van der Waals surface area contributed by atoms with Crippen molar-refractivity contribution >= 4 is 8.25 Å². The van der Waals surface area contributed by atoms with Gasteiger partial charge in [0.25, 0.3) is 0 Å². The van der Waals surface area contributed by atoms with Crippen LogP contribution in [0.15, 0.2) is 6.20 Å². The van der Waals surface area contributed by atoms with Crippen LogP contribution in [0.25, 0.3) is 0 Å². The molecule has 1 heterocycles. The fraction of sp³-hybridized carbons (Fsp3) is 0.400. The molecule has 0 aliphatic carbocycles. The highest BCUT2D eigenvalue weighted by atomic mass is 31.1. The zero-order chi connectivity index (χ0) is 9.56. The molecule has 0 amide bonds. The molecule has 1 rings (SSSR count). The smallest absolute Gasteiger partial charge is 0.521 e. The molecule has 0 radical (unpaired) electrons. The molecule has 2 N–H and O–H groups in total. The Kier molecular flexibility index (Phi) is 5.40. The zero-order valence-corrected chi connectivity index (χ0v) is 7.54. The lowest BCUT2D eigenvalue weighted by Gasteiger charge is -1.78. The van der Waals surface area contributed by atoms with E-state index in [1.54, 1.807) is 0 Å². The summed E-state index contributed by atoms with van der Waals surface area (Å²) in [5.74, 6) is 0. The van der Waals surface area contributed by atoms with Crippen LogP contribution in [0, 0.1) is 13.8 Å². The van der Waals surface area contributed by atoms with Crippen LogP contribution in [-0.4, -0.2) is 15.5 Å². The maximum atomic E-state index is 8.93. The topological polar surface area (TPSA) is 98.3 Å². The van der Waals surface area contributed by atoms with Crippen molar-refractivity contribution in [2.24, 2.45) is 0 Å². The van der Waals surface area contributed by atoms with Crippen LogP contribution in [0.2, 0.25) is 0 Å². The Balaban J connectivity index is 0. The molecule has 0 saturated carbocycles. The van der Waals surface area contributed by atoms with E-state index in [2.05, 4.69) is 14.9 Å². The Morgan fingerprint density at radius 1 is 1.83 bits per heavy atom. The summed E-state index contributed by atoms with van der Waals surface area (Å²) in [6.45, 7) is 4.03. The maximum Gasteiger partial charge on any atom is 0.521 e. The van der Waals surface area contributed by atoms with E-state index in [-0.39, 0.29) is 1.43 Å². The van der Waals surface area contributed by atoms with Crippen molar-refractivity contribution in [1.29, 1.82) is 0 Å². The van der Waals surface area contributed by atoms with Crippen molar-refractivity contribution in [3.05, 3.63) is 17.5 Å². The van der Waals surface area contributed by atoms with E-state index in [4.69, 9.17) is 14.7 Å². The van der Waals surface area contributed by atoms with Crippen molar-refractivity contribution in [3.63, 3.8) is 0 Å². The molecule has 1 aromatic rings. The van der Waals surface area contributed by atoms with Gasteiger partial charge in [0.15, 0.2) is 0 Å². The van der Waals surface area contributed by atoms with Crippen LogP contribution in [0.5, 0.6) is 0 Å². The van der Waals surface area contributed by atoms with Gasteiger partial charge in [-0.05, 0) is 24.0 Å². The Morgan fingerprint density at radius 3 is 2.42 bits per heavy atom. The van der Waals surface area contributed by atoms with E-state index in [1.807, 2.05) is 20.0 Å². The number of aromatic nitrogens is 2. The molecular formula is C5H11N2O4P. The number of H-pyrrole nitrogens is 1. The Labute approximate surface area is 71.6 Å². The molecule has 0 aliphatic heterocycles. The molecule has 0 fully saturated rings. The van der Waals surface area contributed by atoms with Crippen LogP contribution >= 0.6 is 8.25 Å². The van der Waals surface area contributed by atoms with E-state index < -0.39 is 8.25 Å². The van der Waals surface area contributed by atoms with Gasteiger partial charge in [0.05, 0.1) is 6.20 Å². The van der Waals surface area contributed by atoms with Crippen molar-refractivity contribution in [2.75, 3.05) is 0 Å². The Morgan fingerprint density at radius 2 is 2.33 bits per heavy atom. The molecule has 12 heavy (non-hydrogen) atoms. The fourth-order valence-corrected chi connectivity index (χ4v) is 0.411. The van der Waals surface area contributed by atoms with Crippen LogP contribution < -0.4 is 4.89 Å². The van der Waals surface area contributed by atoms with Crippen LogP contribution in [0.4, 0.5) is 0 Å². The van der Waals surface area contributed by atoms with Gasteiger partial charge in [-0.1, -0.05) is 0 Å². The predicted molar refractivity (Wildman–Crippen MR) is 41.5 cm³/mol. The Hall–Kier alpha value is -0.810. The largest absolute Gasteiger partial charge is 0.565 e. The number of hydrogen-bond acceptors (Lipinski definition) is 5. The second-order valence-corrected chi connectivity index (χ2v) is 2.59. The summed E-state index contributed by atoms with van der Waals surface area (Å²) >= 11 is 0. The highest BCUT2D eigenvalue weighted by Crippen LogP contribution is 2.02. The molecule has 1 atom stereocenters. The number of nitrogens with one attached hydrogen (secondary N) is 1. The standard InChI is InChI=1S/C5H8N2.HO4P.H2/c1-4-3-6-7-5(4)2;1-4-5(2)3;/h3H,1-2H3,(H,6,7);1H;1H. The van der Waals surface area contributed by atoms with Crippen LogP contribution in [0.3, 0.4) is 0 Å². The molecule has 6 nitrogen and oxygen atoms in total. The zero-order valence-electron chi connectivity index (χ0n) is 6.64. The SMILES string of the molecule is Cc1cn[nH]c1C.O=[P+]([O-])OO.[HH]. The van der Waals surface area contributed by atoms with Crippen LogP contribution in [-0.2, 0) is 9.24 Å². The van der Waals surface area contributed by atoms with Gasteiger partial charge in [-0.25, -0.2) is 5.26 Å². The van der Waals surface area contributed by atoms with Gasteiger partial charge in [0.2, 0.25) is 0 Å². The molecule has 0 spiro atoms. The monoisotopic (exact) mass is 194 g/mol. The van der Waals surface area contributed by atoms with E-state index in [1.165, 1.54) is 5.56 Å². The molecule has 0 aliphatic rings. The van der Waals surface area contributed by atoms with Crippen molar-refractivity contribution in [2.45, 2.75) is 13.8 Å². The van der Waals surface area contributed by atoms with E-state index in [0.717, 1.165) is 5.69 Å². The molecule has 0 aromatic carbocycles. The number of hydrogen-bond donors (Lipinski definition) is 2. The molecule has 70 valence electrons. The number of aryl methyl sites for hydroxylation is 2. The van der Waals surface area contributed by atoms with Gasteiger partial charge in [-0.3, -0.25) is 5.10 Å². The second-order valence-electron chi connectivity index (χ2n) is 1.98. The molecular weight excluding hydrogens is 183 g/mol. The van der Waals surface area contributed by atoms with Gasteiger partial charge in [0.1, 0.15) is 0 Å². The quantitative estimate of drug-likeness (QED) is 0.390. The van der Waals surface area contributed by atoms with Gasteiger partial charge < -0.3 is 4.89 Å². The summed E-state index contributed by atoms with van der Waals surface area (Å²) in [6.07, 6.45) is 1.81. The fourth-order valence-electron chi connectivity index (χ4n) is 0.411. The third kappa shape index (κ3) is 4.92. The minimum absolute atomic E-state index is 0. The second kappa shape index (κ2) is 5.79. The normalized spacial score (nSPS) is 10.2. The lowest BCUT2D eigenvalue weighted by atomic mass is 10.3. The maximum absolute atomic E-state index is 8.93. The molecule has 1 unspecified atom stereocenters. The highest BCUT2D eigenvalue weighted by molar-refractivity contribution is 7.30. The minimum atomic E-state index is -3.04. The number of rotatable bonds is 1. The number of aromatic amines is 1. The van der Waals surface area contributed by atoms with E-state index in [0.29, 0.717) is 0 Å². The summed E-state index contributed by atoms with van der Waals surface area (Å²) in [7, 11) is -3.04. The van der Waals surface area contributed by atoms with Crippen molar-refractivity contribution < 1.29 is 20.8 Å². The first-order valence-corrected chi connectivity index (χ1v) is 4.10. The van der Waals surface area contributed by atoms with E-state index >= 15 is 0 Å². The molecule has 0 saturated heterocycles. The third-order valence-electron chi connectivity index (χ3n) is 1.15. The Bertz CT molecular complexity index is 238. The highest BCUT2D eigenvalue weighted by Gasteiger charge is 1.90. The summed E-state index contributed by atoms with van der Waals surface area (Å²) in [5.41, 5.74) is 2.38. The van der Waals surface area contributed by atoms with Gasteiger partial charge in [-0.2, -0.15) is 5.10 Å². The number of nitrogens with zero attached hydrogens (tertiary/aromatic N) is 1. The van der Waals surface area contributed by atoms with E-state index in [9.17, 15) is 0 Å². The van der Waals surface area contributed by atoms with Crippen molar-refractivity contribution in [3.8, 4) is 0 Å². The molecule has 1 aromatic heterocycles. The third-order valence-corrected chi connectivity index (χ3v) is 1.28. The van der Waals surface area contributed by atoms with Crippen LogP contribution in [0.1, 0.15) is 12.7 Å². The lowest BCUT2D eigenvalue weighted by molar-refractivity contribution is -0.244. The predicted octanol–water partition coefficient (Wildman–Crippen LogP) is 0.766. The molecule has 0 bridgehead atoms. The summed E-state index contributed by atoms with van der Waals surface area (Å²) < 4.78 is 11.6. The average molecular weight is 194 g/mol. The van der Waals surface area contributed by atoms with Gasteiger partial charge >= 0.3 is 8.25 Å². The van der Waals surface area contributed by atoms with Gasteiger partial charge in [0, 0.05) is 11.8 Å². The minimum Gasteiger partial charge on any atom is -0.565 e.